The van der Waals surface area contributed by atoms with Crippen molar-refractivity contribution < 1.29 is 9.59 Å². The first-order valence-electron chi connectivity index (χ1n) is 4.76. The number of likely N-dealkylation sites (tertiary alicyclic amines) is 1. The molecule has 0 unspecified atom stereocenters. The van der Waals surface area contributed by atoms with Gasteiger partial charge in [-0.15, -0.1) is 0 Å². The van der Waals surface area contributed by atoms with Gasteiger partial charge in [-0.3, -0.25) is 10.2 Å². The largest absolute Gasteiger partial charge is 0.341 e. The van der Waals surface area contributed by atoms with E-state index < -0.39 is 6.03 Å². The highest BCUT2D eigenvalue weighted by Crippen LogP contribution is 2.07. The van der Waals surface area contributed by atoms with Crippen molar-refractivity contribution in [1.82, 2.24) is 15.6 Å². The first kappa shape index (κ1) is 10.8. The molecule has 4 N–H and O–H groups in total. The fourth-order valence-corrected chi connectivity index (χ4v) is 1.46. The topological polar surface area (TPSA) is 87.5 Å². The molecule has 6 heteroatoms. The van der Waals surface area contributed by atoms with Crippen LogP contribution in [0.4, 0.5) is 4.79 Å². The monoisotopic (exact) mass is 200 g/mol. The Labute approximate surface area is 82.8 Å². The molecule has 0 atom stereocenters. The summed E-state index contributed by atoms with van der Waals surface area (Å²) in [4.78, 5) is 23.9. The van der Waals surface area contributed by atoms with Crippen molar-refractivity contribution in [3.05, 3.63) is 0 Å². The van der Waals surface area contributed by atoms with Crippen LogP contribution >= 0.6 is 0 Å². The summed E-state index contributed by atoms with van der Waals surface area (Å²) in [5.74, 6) is 4.80. The van der Waals surface area contributed by atoms with Gasteiger partial charge in [0.15, 0.2) is 0 Å². The predicted octanol–water partition coefficient (Wildman–Crippen LogP) is -0.828. The van der Waals surface area contributed by atoms with Crippen molar-refractivity contribution in [3.63, 3.8) is 0 Å². The molecule has 3 amide bonds. The zero-order chi connectivity index (χ0) is 10.4. The molecule has 0 aromatic carbocycles. The number of amides is 3. The minimum Gasteiger partial charge on any atom is -0.341 e. The lowest BCUT2D eigenvalue weighted by atomic mass is 10.1. The van der Waals surface area contributed by atoms with E-state index in [1.54, 1.807) is 4.90 Å². The number of urea groups is 1. The SMILES string of the molecule is NNC(=O)NCC(=O)N1CCCCC1. The number of hydrazine groups is 1. The van der Waals surface area contributed by atoms with Crippen LogP contribution in [0.5, 0.6) is 0 Å². The van der Waals surface area contributed by atoms with Gasteiger partial charge in [-0.05, 0) is 19.3 Å². The van der Waals surface area contributed by atoms with Crippen LogP contribution in [0.25, 0.3) is 0 Å². The van der Waals surface area contributed by atoms with Crippen molar-refractivity contribution in [2.75, 3.05) is 19.6 Å². The molecule has 1 rings (SSSR count). The second-order valence-corrected chi connectivity index (χ2v) is 3.27. The molecule has 1 fully saturated rings. The predicted molar refractivity (Wildman–Crippen MR) is 51.2 cm³/mol. The van der Waals surface area contributed by atoms with Gasteiger partial charge < -0.3 is 10.2 Å². The van der Waals surface area contributed by atoms with Gasteiger partial charge in [-0.1, -0.05) is 0 Å². The molecule has 1 saturated heterocycles. The van der Waals surface area contributed by atoms with Crippen molar-refractivity contribution in [2.24, 2.45) is 5.84 Å². The molecular weight excluding hydrogens is 184 g/mol. The van der Waals surface area contributed by atoms with E-state index in [0.29, 0.717) is 0 Å². The number of hydrogen-bond donors (Lipinski definition) is 3. The van der Waals surface area contributed by atoms with Crippen LogP contribution in [0.1, 0.15) is 19.3 Å². The first-order chi connectivity index (χ1) is 6.74. The van der Waals surface area contributed by atoms with E-state index in [4.69, 9.17) is 5.84 Å². The molecule has 0 spiro atoms. The molecule has 1 aliphatic rings. The summed E-state index contributed by atoms with van der Waals surface area (Å²) >= 11 is 0. The number of carbonyl (C=O) groups excluding carboxylic acids is 2. The molecule has 0 saturated carbocycles. The maximum atomic E-state index is 11.5. The fraction of sp³-hybridized carbons (Fsp3) is 0.750. The summed E-state index contributed by atoms with van der Waals surface area (Å²) in [6, 6.07) is -0.532. The van der Waals surface area contributed by atoms with Crippen LogP contribution in [0.2, 0.25) is 0 Å². The zero-order valence-corrected chi connectivity index (χ0v) is 8.08. The van der Waals surface area contributed by atoms with Crippen LogP contribution in [0.15, 0.2) is 0 Å². The Morgan fingerprint density at radius 1 is 1.21 bits per heavy atom. The Bertz CT molecular complexity index is 213. The number of rotatable bonds is 2. The first-order valence-corrected chi connectivity index (χ1v) is 4.76. The Kier molecular flexibility index (Phi) is 4.18. The Balaban J connectivity index is 2.23. The van der Waals surface area contributed by atoms with E-state index >= 15 is 0 Å². The lowest BCUT2D eigenvalue weighted by Crippen LogP contribution is -2.46. The van der Waals surface area contributed by atoms with Gasteiger partial charge in [-0.2, -0.15) is 0 Å². The van der Waals surface area contributed by atoms with Gasteiger partial charge in [0.2, 0.25) is 5.91 Å². The van der Waals surface area contributed by atoms with Gasteiger partial charge >= 0.3 is 6.03 Å². The molecule has 0 aromatic heterocycles. The van der Waals surface area contributed by atoms with Gasteiger partial charge in [-0.25, -0.2) is 10.6 Å². The Morgan fingerprint density at radius 3 is 2.43 bits per heavy atom. The molecule has 1 heterocycles. The molecule has 0 aliphatic carbocycles. The second-order valence-electron chi connectivity index (χ2n) is 3.27. The quantitative estimate of drug-likeness (QED) is 0.309. The van der Waals surface area contributed by atoms with Crippen LogP contribution in [-0.4, -0.2) is 36.5 Å². The number of hydrogen-bond acceptors (Lipinski definition) is 3. The molecule has 14 heavy (non-hydrogen) atoms. The highest BCUT2D eigenvalue weighted by Gasteiger charge is 2.16. The van der Waals surface area contributed by atoms with Gasteiger partial charge in [0.1, 0.15) is 0 Å². The third-order valence-electron chi connectivity index (χ3n) is 2.24. The normalized spacial score (nSPS) is 16.2. The van der Waals surface area contributed by atoms with Crippen molar-refractivity contribution in [2.45, 2.75) is 19.3 Å². The molecule has 1 aliphatic heterocycles. The van der Waals surface area contributed by atoms with Gasteiger partial charge in [0.25, 0.3) is 0 Å². The standard InChI is InChI=1S/C8H16N4O2/c9-11-8(14)10-6-7(13)12-4-2-1-3-5-12/h1-6,9H2,(H2,10,11,14). The minimum atomic E-state index is -0.532. The number of carbonyl (C=O) groups is 2. The van der Waals surface area contributed by atoms with Crippen molar-refractivity contribution >= 4 is 11.9 Å². The summed E-state index contributed by atoms with van der Waals surface area (Å²) in [5.41, 5.74) is 1.90. The number of nitrogens with one attached hydrogen (secondary N) is 2. The van der Waals surface area contributed by atoms with E-state index in [1.807, 2.05) is 5.43 Å². The summed E-state index contributed by atoms with van der Waals surface area (Å²) in [7, 11) is 0. The summed E-state index contributed by atoms with van der Waals surface area (Å²) in [6.45, 7) is 1.61. The minimum absolute atomic E-state index is 0.0169. The van der Waals surface area contributed by atoms with Crippen molar-refractivity contribution in [1.29, 1.82) is 0 Å². The molecule has 0 aromatic rings. The molecule has 0 bridgehead atoms. The summed E-state index contributed by atoms with van der Waals surface area (Å²) < 4.78 is 0. The Morgan fingerprint density at radius 2 is 1.86 bits per heavy atom. The van der Waals surface area contributed by atoms with E-state index in [9.17, 15) is 9.59 Å². The number of nitrogens with two attached hydrogens (primary N) is 1. The van der Waals surface area contributed by atoms with Gasteiger partial charge in [0.05, 0.1) is 6.54 Å². The van der Waals surface area contributed by atoms with E-state index in [2.05, 4.69) is 5.32 Å². The number of piperidine rings is 1. The molecule has 80 valence electrons. The van der Waals surface area contributed by atoms with Crippen LogP contribution in [0.3, 0.4) is 0 Å². The molecule has 0 radical (unpaired) electrons. The highest BCUT2D eigenvalue weighted by molar-refractivity contribution is 5.83. The second kappa shape index (κ2) is 5.43. The lowest BCUT2D eigenvalue weighted by Gasteiger charge is -2.26. The molecule has 6 nitrogen and oxygen atoms in total. The van der Waals surface area contributed by atoms with Gasteiger partial charge in [0, 0.05) is 13.1 Å². The maximum absolute atomic E-state index is 11.5. The van der Waals surface area contributed by atoms with Crippen LogP contribution in [0, 0.1) is 0 Å². The van der Waals surface area contributed by atoms with E-state index in [1.165, 1.54) is 6.42 Å². The Hall–Kier alpha value is -1.30. The highest BCUT2D eigenvalue weighted by atomic mass is 16.2. The van der Waals surface area contributed by atoms with Crippen LogP contribution in [-0.2, 0) is 4.79 Å². The third kappa shape index (κ3) is 3.21. The number of nitrogens with zero attached hydrogens (tertiary/aromatic N) is 1. The molecular formula is C8H16N4O2. The smallest absolute Gasteiger partial charge is 0.329 e. The third-order valence-corrected chi connectivity index (χ3v) is 2.24. The average Bonchev–Trinajstić information content (AvgIpc) is 2.26. The zero-order valence-electron chi connectivity index (χ0n) is 8.08. The summed E-state index contributed by atoms with van der Waals surface area (Å²) in [6.07, 6.45) is 3.28. The fourth-order valence-electron chi connectivity index (χ4n) is 1.46. The van der Waals surface area contributed by atoms with E-state index in [0.717, 1.165) is 25.9 Å². The van der Waals surface area contributed by atoms with Crippen molar-refractivity contribution in [3.8, 4) is 0 Å². The lowest BCUT2D eigenvalue weighted by molar-refractivity contribution is -0.130. The van der Waals surface area contributed by atoms with E-state index in [-0.39, 0.29) is 12.5 Å². The van der Waals surface area contributed by atoms with Crippen LogP contribution < -0.4 is 16.6 Å². The maximum Gasteiger partial charge on any atom is 0.329 e. The summed E-state index contributed by atoms with van der Waals surface area (Å²) in [5, 5.41) is 2.36. The average molecular weight is 200 g/mol.